The minimum atomic E-state index is 0.690. The first-order valence-electron chi connectivity index (χ1n) is 9.02. The van der Waals surface area contributed by atoms with Crippen LogP contribution in [0.2, 0.25) is 0 Å². The molecule has 0 spiro atoms. The molecule has 0 radical (unpaired) electrons. The van der Waals surface area contributed by atoms with E-state index in [0.717, 1.165) is 22.5 Å². The summed E-state index contributed by atoms with van der Waals surface area (Å²) >= 11 is 0. The second-order valence-corrected chi connectivity index (χ2v) is 6.14. The minimum Gasteiger partial charge on any atom is -0.493 e. The van der Waals surface area contributed by atoms with Gasteiger partial charge in [0.25, 0.3) is 0 Å². The highest BCUT2D eigenvalue weighted by Crippen LogP contribution is 2.29. The van der Waals surface area contributed by atoms with E-state index in [1.807, 2.05) is 66.8 Å². The van der Waals surface area contributed by atoms with Crippen molar-refractivity contribution in [3.8, 4) is 23.0 Å². The molecule has 6 nitrogen and oxygen atoms in total. The lowest BCUT2D eigenvalue weighted by Gasteiger charge is -2.07. The summed E-state index contributed by atoms with van der Waals surface area (Å²) < 4.78 is 21.2. The summed E-state index contributed by atoms with van der Waals surface area (Å²) in [5, 5.41) is 7.33. The monoisotopic (exact) mass is 392 g/mol. The van der Waals surface area contributed by atoms with Gasteiger partial charge in [-0.2, -0.15) is 5.10 Å². The predicted octanol–water partition coefficient (Wildman–Crippen LogP) is 4.78. The Labute approximate surface area is 170 Å². The van der Waals surface area contributed by atoms with Crippen LogP contribution in [0, 0.1) is 0 Å². The first-order chi connectivity index (χ1) is 14.2. The molecule has 0 aliphatic rings. The van der Waals surface area contributed by atoms with Crippen molar-refractivity contribution in [2.45, 2.75) is 0 Å². The first-order valence-corrected chi connectivity index (χ1v) is 9.02. The average molecular weight is 392 g/mol. The molecule has 1 aromatic heterocycles. The normalized spacial score (nSPS) is 11.2. The molecule has 0 saturated carbocycles. The van der Waals surface area contributed by atoms with Crippen molar-refractivity contribution in [1.29, 1.82) is 0 Å². The second-order valence-electron chi connectivity index (χ2n) is 6.14. The number of aromatic amines is 1. The molecule has 0 aliphatic carbocycles. The molecular weight excluding hydrogens is 368 g/mol. The number of nitrogens with zero attached hydrogens (tertiary/aromatic N) is 1. The van der Waals surface area contributed by atoms with Crippen molar-refractivity contribution in [3.63, 3.8) is 0 Å². The van der Waals surface area contributed by atoms with Crippen molar-refractivity contribution < 1.29 is 18.9 Å². The Morgan fingerprint density at radius 3 is 1.66 bits per heavy atom. The molecule has 3 aromatic rings. The van der Waals surface area contributed by atoms with Gasteiger partial charge in [0.05, 0.1) is 39.8 Å². The maximum atomic E-state index is 5.33. The van der Waals surface area contributed by atoms with Gasteiger partial charge in [0.1, 0.15) is 0 Å². The van der Waals surface area contributed by atoms with Crippen LogP contribution in [-0.4, -0.2) is 38.6 Å². The van der Waals surface area contributed by atoms with Gasteiger partial charge >= 0.3 is 0 Å². The maximum Gasteiger partial charge on any atom is 0.161 e. The van der Waals surface area contributed by atoms with E-state index >= 15 is 0 Å². The van der Waals surface area contributed by atoms with Crippen LogP contribution >= 0.6 is 0 Å². The number of hydrogen-bond donors (Lipinski definition) is 1. The van der Waals surface area contributed by atoms with E-state index in [0.29, 0.717) is 23.0 Å². The Hall–Kier alpha value is -3.67. The molecule has 2 aromatic carbocycles. The Bertz CT molecular complexity index is 941. The quantitative estimate of drug-likeness (QED) is 0.597. The Morgan fingerprint density at radius 1 is 0.621 bits per heavy atom. The summed E-state index contributed by atoms with van der Waals surface area (Å²) in [7, 11) is 6.48. The third-order valence-electron chi connectivity index (χ3n) is 4.33. The van der Waals surface area contributed by atoms with Gasteiger partial charge in [-0.3, -0.25) is 5.10 Å². The Kier molecular flexibility index (Phi) is 6.58. The molecule has 0 saturated heterocycles. The summed E-state index contributed by atoms with van der Waals surface area (Å²) in [5.41, 5.74) is 3.71. The highest BCUT2D eigenvalue weighted by Gasteiger charge is 2.04. The third-order valence-corrected chi connectivity index (χ3v) is 4.33. The lowest BCUT2D eigenvalue weighted by atomic mass is 10.1. The fourth-order valence-electron chi connectivity index (χ4n) is 2.80. The number of ether oxygens (including phenoxy) is 4. The molecule has 0 fully saturated rings. The lowest BCUT2D eigenvalue weighted by Crippen LogP contribution is -1.90. The van der Waals surface area contributed by atoms with Gasteiger partial charge in [0, 0.05) is 0 Å². The molecule has 1 heterocycles. The lowest BCUT2D eigenvalue weighted by molar-refractivity contribution is 0.355. The van der Waals surface area contributed by atoms with E-state index in [2.05, 4.69) is 10.2 Å². The highest BCUT2D eigenvalue weighted by molar-refractivity contribution is 5.73. The highest BCUT2D eigenvalue weighted by atomic mass is 16.5. The number of methoxy groups -OCH3 is 4. The largest absolute Gasteiger partial charge is 0.493 e. The van der Waals surface area contributed by atoms with Crippen LogP contribution in [0.1, 0.15) is 22.5 Å². The summed E-state index contributed by atoms with van der Waals surface area (Å²) in [6.45, 7) is 0. The van der Waals surface area contributed by atoms with E-state index in [1.165, 1.54) is 0 Å². The topological polar surface area (TPSA) is 65.6 Å². The third kappa shape index (κ3) is 4.99. The van der Waals surface area contributed by atoms with E-state index < -0.39 is 0 Å². The molecule has 0 amide bonds. The molecule has 3 rings (SSSR count). The Balaban J connectivity index is 1.71. The number of rotatable bonds is 8. The summed E-state index contributed by atoms with van der Waals surface area (Å²) in [6, 6.07) is 13.5. The van der Waals surface area contributed by atoms with Crippen LogP contribution < -0.4 is 18.9 Å². The zero-order chi connectivity index (χ0) is 20.6. The van der Waals surface area contributed by atoms with Crippen molar-refractivity contribution in [2.24, 2.45) is 0 Å². The fraction of sp³-hybridized carbons (Fsp3) is 0.174. The number of H-pyrrole nitrogens is 1. The number of aromatic nitrogens is 2. The van der Waals surface area contributed by atoms with E-state index in [1.54, 1.807) is 28.4 Å². The van der Waals surface area contributed by atoms with E-state index in [4.69, 9.17) is 18.9 Å². The fourth-order valence-corrected chi connectivity index (χ4v) is 2.80. The van der Waals surface area contributed by atoms with Gasteiger partial charge in [-0.1, -0.05) is 24.3 Å². The van der Waals surface area contributed by atoms with Crippen LogP contribution in [0.15, 0.2) is 42.5 Å². The van der Waals surface area contributed by atoms with Gasteiger partial charge < -0.3 is 18.9 Å². The predicted molar refractivity (Wildman–Crippen MR) is 116 cm³/mol. The zero-order valence-electron chi connectivity index (χ0n) is 16.9. The smallest absolute Gasteiger partial charge is 0.161 e. The number of nitrogens with one attached hydrogen (secondary N) is 1. The van der Waals surface area contributed by atoms with E-state index in [-0.39, 0.29) is 0 Å². The van der Waals surface area contributed by atoms with Crippen LogP contribution in [-0.2, 0) is 0 Å². The SMILES string of the molecule is COc1ccc(C=Cc2cc(C=Cc3ccc(OC)c(OC)c3)[nH]n2)cc1OC. The van der Waals surface area contributed by atoms with Gasteiger partial charge in [0.2, 0.25) is 0 Å². The van der Waals surface area contributed by atoms with Gasteiger partial charge in [-0.05, 0) is 53.6 Å². The molecule has 0 atom stereocenters. The van der Waals surface area contributed by atoms with Crippen LogP contribution in [0.5, 0.6) is 23.0 Å². The van der Waals surface area contributed by atoms with Crippen molar-refractivity contribution in [2.75, 3.05) is 28.4 Å². The van der Waals surface area contributed by atoms with Gasteiger partial charge in [0.15, 0.2) is 23.0 Å². The summed E-state index contributed by atoms with van der Waals surface area (Å²) in [4.78, 5) is 0. The molecule has 1 N–H and O–H groups in total. The Morgan fingerprint density at radius 2 is 1.14 bits per heavy atom. The molecule has 6 heteroatoms. The molecule has 0 bridgehead atoms. The van der Waals surface area contributed by atoms with Gasteiger partial charge in [-0.25, -0.2) is 0 Å². The van der Waals surface area contributed by atoms with Crippen molar-refractivity contribution >= 4 is 24.3 Å². The second kappa shape index (κ2) is 9.50. The van der Waals surface area contributed by atoms with E-state index in [9.17, 15) is 0 Å². The molecule has 0 aliphatic heterocycles. The number of benzene rings is 2. The van der Waals surface area contributed by atoms with Crippen LogP contribution in [0.25, 0.3) is 24.3 Å². The van der Waals surface area contributed by atoms with Crippen molar-refractivity contribution in [1.82, 2.24) is 10.2 Å². The standard InChI is InChI=1S/C23H24N2O4/c1-26-20-11-7-16(13-22(20)28-3)5-9-18-15-19(25-24-18)10-6-17-8-12-21(27-2)23(14-17)29-4/h5-15H,1-4H3,(H,24,25). The van der Waals surface area contributed by atoms with Crippen molar-refractivity contribution in [3.05, 3.63) is 65.0 Å². The summed E-state index contributed by atoms with van der Waals surface area (Å²) in [6.07, 6.45) is 7.85. The van der Waals surface area contributed by atoms with Crippen LogP contribution in [0.3, 0.4) is 0 Å². The average Bonchev–Trinajstić information content (AvgIpc) is 3.23. The molecule has 0 unspecified atom stereocenters. The maximum absolute atomic E-state index is 5.33. The van der Waals surface area contributed by atoms with Crippen LogP contribution in [0.4, 0.5) is 0 Å². The minimum absolute atomic E-state index is 0.690. The molecule has 29 heavy (non-hydrogen) atoms. The van der Waals surface area contributed by atoms with Gasteiger partial charge in [-0.15, -0.1) is 0 Å². The molecule has 150 valence electrons. The zero-order valence-corrected chi connectivity index (χ0v) is 16.9. The number of hydrogen-bond acceptors (Lipinski definition) is 5. The summed E-state index contributed by atoms with van der Waals surface area (Å²) in [5.74, 6) is 2.79. The first kappa shape index (κ1) is 20.1. The molecular formula is C23H24N2O4.